The molecular formula is C20H27NO4S. The van der Waals surface area contributed by atoms with Gasteiger partial charge in [0, 0.05) is 6.04 Å². The zero-order valence-corrected chi connectivity index (χ0v) is 16.0. The fraction of sp³-hybridized carbons (Fsp3) is 0.650. The molecule has 1 unspecified atom stereocenters. The number of rotatable bonds is 6. The van der Waals surface area contributed by atoms with Crippen molar-refractivity contribution in [1.82, 2.24) is 4.72 Å². The van der Waals surface area contributed by atoms with E-state index in [2.05, 4.69) is 11.6 Å². The second kappa shape index (κ2) is 6.34. The van der Waals surface area contributed by atoms with E-state index in [4.69, 9.17) is 5.11 Å². The summed E-state index contributed by atoms with van der Waals surface area (Å²) in [5.74, 6) is 1.16. The lowest BCUT2D eigenvalue weighted by atomic mass is 9.47. The van der Waals surface area contributed by atoms with Crippen molar-refractivity contribution in [3.63, 3.8) is 0 Å². The zero-order valence-electron chi connectivity index (χ0n) is 15.1. The van der Waals surface area contributed by atoms with Gasteiger partial charge in [0.05, 0.1) is 10.5 Å². The largest absolute Gasteiger partial charge is 0.478 e. The summed E-state index contributed by atoms with van der Waals surface area (Å²) in [6.07, 6.45) is 8.14. The average molecular weight is 378 g/mol. The summed E-state index contributed by atoms with van der Waals surface area (Å²) in [6, 6.07) is 5.55. The van der Waals surface area contributed by atoms with Crippen molar-refractivity contribution >= 4 is 16.0 Å². The molecule has 4 saturated carbocycles. The number of hydrogen-bond donors (Lipinski definition) is 2. The molecule has 0 aliphatic heterocycles. The molecule has 4 aliphatic rings. The molecule has 0 spiro atoms. The number of sulfonamides is 1. The molecule has 0 aromatic heterocycles. The van der Waals surface area contributed by atoms with Crippen molar-refractivity contribution in [3.05, 3.63) is 29.8 Å². The minimum Gasteiger partial charge on any atom is -0.478 e. The number of carbonyl (C=O) groups is 1. The molecule has 0 radical (unpaired) electrons. The lowest BCUT2D eigenvalue weighted by Gasteiger charge is -2.59. The van der Waals surface area contributed by atoms with Crippen LogP contribution in [0.1, 0.15) is 62.2 Å². The van der Waals surface area contributed by atoms with Crippen LogP contribution < -0.4 is 4.72 Å². The van der Waals surface area contributed by atoms with Crippen LogP contribution in [-0.4, -0.2) is 25.5 Å². The normalized spacial score (nSPS) is 34.0. The number of hydrogen-bond acceptors (Lipinski definition) is 3. The number of carboxylic acid groups (broad SMARTS) is 1. The van der Waals surface area contributed by atoms with E-state index < -0.39 is 16.0 Å². The number of nitrogens with one attached hydrogen (secondary N) is 1. The van der Waals surface area contributed by atoms with Gasteiger partial charge in [-0.25, -0.2) is 17.9 Å². The van der Waals surface area contributed by atoms with Crippen LogP contribution in [0, 0.1) is 23.2 Å². The minimum absolute atomic E-state index is 0.00396. The molecule has 1 aromatic rings. The van der Waals surface area contributed by atoms with E-state index in [1.807, 2.05) is 0 Å². The van der Waals surface area contributed by atoms with Gasteiger partial charge in [0.25, 0.3) is 0 Å². The maximum absolute atomic E-state index is 13.0. The molecule has 4 bridgehead atoms. The third-order valence-electron chi connectivity index (χ3n) is 6.92. The molecule has 142 valence electrons. The highest BCUT2D eigenvalue weighted by atomic mass is 32.2. The van der Waals surface area contributed by atoms with Gasteiger partial charge >= 0.3 is 5.97 Å². The fourth-order valence-corrected chi connectivity index (χ4v) is 7.76. The standard InChI is InChI=1S/C20H27NO4S/c1-2-18(20-10-13-6-14(11-20)8-15(7-13)12-20)21-26(24,25)17-5-3-4-16(9-17)19(22)23/h3-5,9,13-15,18,21H,2,6-8,10-12H2,1H3,(H,22,23). The topological polar surface area (TPSA) is 83.5 Å². The first-order valence-corrected chi connectivity index (χ1v) is 11.2. The summed E-state index contributed by atoms with van der Waals surface area (Å²) in [7, 11) is -3.73. The lowest BCUT2D eigenvalue weighted by molar-refractivity contribution is -0.0704. The zero-order chi connectivity index (χ0) is 18.5. The quantitative estimate of drug-likeness (QED) is 0.792. The highest BCUT2D eigenvalue weighted by molar-refractivity contribution is 7.89. The first-order chi connectivity index (χ1) is 12.3. The van der Waals surface area contributed by atoms with Crippen LogP contribution in [0.2, 0.25) is 0 Å². The molecule has 26 heavy (non-hydrogen) atoms. The van der Waals surface area contributed by atoms with E-state index in [9.17, 15) is 13.2 Å². The van der Waals surface area contributed by atoms with Gasteiger partial charge < -0.3 is 5.11 Å². The minimum atomic E-state index is -3.73. The summed E-state index contributed by atoms with van der Waals surface area (Å²) in [5, 5.41) is 9.14. The van der Waals surface area contributed by atoms with Gasteiger partial charge in [-0.05, 0) is 86.3 Å². The van der Waals surface area contributed by atoms with E-state index in [0.717, 1.165) is 43.4 Å². The van der Waals surface area contributed by atoms with E-state index in [0.29, 0.717) is 0 Å². The molecule has 4 fully saturated rings. The third kappa shape index (κ3) is 3.07. The van der Waals surface area contributed by atoms with E-state index in [-0.39, 0.29) is 21.9 Å². The Labute approximate surface area is 155 Å². The van der Waals surface area contributed by atoms with Crippen molar-refractivity contribution in [2.24, 2.45) is 23.2 Å². The highest BCUT2D eigenvalue weighted by Crippen LogP contribution is 2.61. The Morgan fingerprint density at radius 2 is 1.77 bits per heavy atom. The van der Waals surface area contributed by atoms with Crippen molar-refractivity contribution in [2.75, 3.05) is 0 Å². The highest BCUT2D eigenvalue weighted by Gasteiger charge is 2.54. The molecule has 0 amide bonds. The lowest BCUT2D eigenvalue weighted by Crippen LogP contribution is -2.56. The van der Waals surface area contributed by atoms with E-state index in [1.54, 1.807) is 0 Å². The van der Waals surface area contributed by atoms with Crippen LogP contribution in [-0.2, 0) is 10.0 Å². The van der Waals surface area contributed by atoms with E-state index in [1.165, 1.54) is 43.5 Å². The summed E-state index contributed by atoms with van der Waals surface area (Å²) < 4.78 is 28.9. The van der Waals surface area contributed by atoms with Gasteiger partial charge in [0.2, 0.25) is 10.0 Å². The first-order valence-electron chi connectivity index (χ1n) is 9.67. The number of carboxylic acids is 1. The molecule has 0 heterocycles. The molecule has 1 atom stereocenters. The Balaban J connectivity index is 1.60. The Morgan fingerprint density at radius 3 is 2.27 bits per heavy atom. The second-order valence-corrected chi connectivity index (χ2v) is 10.4. The van der Waals surface area contributed by atoms with Crippen LogP contribution in [0.4, 0.5) is 0 Å². The molecule has 1 aromatic carbocycles. The van der Waals surface area contributed by atoms with Gasteiger partial charge in [-0.1, -0.05) is 13.0 Å². The molecule has 5 nitrogen and oxygen atoms in total. The van der Waals surface area contributed by atoms with Gasteiger partial charge in [0.15, 0.2) is 0 Å². The van der Waals surface area contributed by atoms with Crippen LogP contribution in [0.15, 0.2) is 29.2 Å². The molecule has 5 rings (SSSR count). The summed E-state index contributed by atoms with van der Waals surface area (Å²) in [6.45, 7) is 2.06. The molecule has 0 saturated heterocycles. The fourth-order valence-electron chi connectivity index (χ4n) is 6.30. The smallest absolute Gasteiger partial charge is 0.335 e. The predicted octanol–water partition coefficient (Wildman–Crippen LogP) is 3.66. The summed E-state index contributed by atoms with van der Waals surface area (Å²) >= 11 is 0. The van der Waals surface area contributed by atoms with Crippen molar-refractivity contribution in [3.8, 4) is 0 Å². The predicted molar refractivity (Wildman–Crippen MR) is 98.4 cm³/mol. The van der Waals surface area contributed by atoms with Crippen LogP contribution in [0.25, 0.3) is 0 Å². The maximum atomic E-state index is 13.0. The van der Waals surface area contributed by atoms with Crippen LogP contribution in [0.3, 0.4) is 0 Å². The molecule has 4 aliphatic carbocycles. The molecule has 6 heteroatoms. The van der Waals surface area contributed by atoms with Crippen LogP contribution >= 0.6 is 0 Å². The average Bonchev–Trinajstić information content (AvgIpc) is 2.58. The van der Waals surface area contributed by atoms with Crippen molar-refractivity contribution < 1.29 is 18.3 Å². The van der Waals surface area contributed by atoms with Crippen molar-refractivity contribution in [1.29, 1.82) is 0 Å². The Kier molecular flexibility index (Phi) is 4.39. The second-order valence-electron chi connectivity index (χ2n) is 8.70. The monoisotopic (exact) mass is 377 g/mol. The Bertz CT molecular complexity index is 782. The van der Waals surface area contributed by atoms with Crippen molar-refractivity contribution in [2.45, 2.75) is 62.8 Å². The summed E-state index contributed by atoms with van der Waals surface area (Å²) in [5.41, 5.74) is 0.0803. The number of benzene rings is 1. The summed E-state index contributed by atoms with van der Waals surface area (Å²) in [4.78, 5) is 11.2. The van der Waals surface area contributed by atoms with Crippen LogP contribution in [0.5, 0.6) is 0 Å². The Hall–Kier alpha value is -1.40. The SMILES string of the molecule is CCC(NS(=O)(=O)c1cccc(C(=O)O)c1)C12CC3CC(CC(C3)C1)C2. The Morgan fingerprint density at radius 1 is 1.19 bits per heavy atom. The molecular weight excluding hydrogens is 350 g/mol. The van der Waals surface area contributed by atoms with Gasteiger partial charge in [0.1, 0.15) is 0 Å². The van der Waals surface area contributed by atoms with E-state index >= 15 is 0 Å². The first kappa shape index (κ1) is 18.0. The molecule has 2 N–H and O–H groups in total. The third-order valence-corrected chi connectivity index (χ3v) is 8.39. The van der Waals surface area contributed by atoms with Gasteiger partial charge in [-0.3, -0.25) is 0 Å². The van der Waals surface area contributed by atoms with Gasteiger partial charge in [-0.2, -0.15) is 0 Å². The number of aromatic carboxylic acids is 1. The van der Waals surface area contributed by atoms with Gasteiger partial charge in [-0.15, -0.1) is 0 Å². The maximum Gasteiger partial charge on any atom is 0.335 e.